The number of pyridine rings is 1. The third-order valence-electron chi connectivity index (χ3n) is 5.80. The van der Waals surface area contributed by atoms with E-state index in [0.29, 0.717) is 12.1 Å². The second-order valence-electron chi connectivity index (χ2n) is 7.78. The molecule has 4 nitrogen and oxygen atoms in total. The van der Waals surface area contributed by atoms with Crippen LogP contribution in [0, 0.1) is 13.8 Å². The second-order valence-corrected chi connectivity index (χ2v) is 7.78. The van der Waals surface area contributed by atoms with Gasteiger partial charge in [-0.3, -0.25) is 14.7 Å². The SMILES string of the molecule is Cc1ccc2nc(C)cc(C(=O)N3CC(N4CCCCC4C)C3)c2c1. The van der Waals surface area contributed by atoms with Crippen LogP contribution >= 0.6 is 0 Å². The van der Waals surface area contributed by atoms with E-state index in [1.807, 2.05) is 24.0 Å². The lowest BCUT2D eigenvalue weighted by Gasteiger charge is -2.49. The lowest BCUT2D eigenvalue weighted by molar-refractivity contribution is 0.00223. The molecule has 3 heterocycles. The first-order valence-electron chi connectivity index (χ1n) is 9.46. The van der Waals surface area contributed by atoms with Crippen LogP contribution in [0.1, 0.15) is 47.8 Å². The molecule has 0 saturated carbocycles. The Morgan fingerprint density at radius 3 is 2.72 bits per heavy atom. The van der Waals surface area contributed by atoms with Gasteiger partial charge in [-0.1, -0.05) is 18.1 Å². The van der Waals surface area contributed by atoms with Gasteiger partial charge in [0.05, 0.1) is 11.1 Å². The maximum absolute atomic E-state index is 13.1. The molecule has 4 rings (SSSR count). The number of nitrogens with zero attached hydrogens (tertiary/aromatic N) is 3. The molecular weight excluding hydrogens is 310 g/mol. The fourth-order valence-corrected chi connectivity index (χ4v) is 4.31. The predicted octanol–water partition coefficient (Wildman–Crippen LogP) is 3.55. The molecule has 0 bridgehead atoms. The highest BCUT2D eigenvalue weighted by Crippen LogP contribution is 2.27. The van der Waals surface area contributed by atoms with Crippen molar-refractivity contribution in [3.05, 3.63) is 41.1 Å². The van der Waals surface area contributed by atoms with Gasteiger partial charge in [0.2, 0.25) is 0 Å². The molecule has 25 heavy (non-hydrogen) atoms. The molecule has 132 valence electrons. The molecule has 2 saturated heterocycles. The summed E-state index contributed by atoms with van der Waals surface area (Å²) in [5.41, 5.74) is 3.78. The lowest BCUT2D eigenvalue weighted by Crippen LogP contribution is -2.63. The number of aryl methyl sites for hydroxylation is 2. The van der Waals surface area contributed by atoms with Crippen molar-refractivity contribution in [3.8, 4) is 0 Å². The van der Waals surface area contributed by atoms with E-state index >= 15 is 0 Å². The Hall–Kier alpha value is -1.94. The van der Waals surface area contributed by atoms with E-state index in [4.69, 9.17) is 0 Å². The summed E-state index contributed by atoms with van der Waals surface area (Å²) in [6.45, 7) is 9.25. The quantitative estimate of drug-likeness (QED) is 0.841. The predicted molar refractivity (Wildman–Crippen MR) is 101 cm³/mol. The largest absolute Gasteiger partial charge is 0.335 e. The highest BCUT2D eigenvalue weighted by molar-refractivity contribution is 6.06. The van der Waals surface area contributed by atoms with Crippen LogP contribution in [-0.2, 0) is 0 Å². The van der Waals surface area contributed by atoms with Crippen LogP contribution < -0.4 is 0 Å². The first-order valence-corrected chi connectivity index (χ1v) is 9.46. The Bertz CT molecular complexity index is 810. The Morgan fingerprint density at radius 2 is 1.96 bits per heavy atom. The Morgan fingerprint density at radius 1 is 1.16 bits per heavy atom. The Labute approximate surface area is 149 Å². The number of aromatic nitrogens is 1. The van der Waals surface area contributed by atoms with Gasteiger partial charge in [0.15, 0.2) is 0 Å². The number of likely N-dealkylation sites (tertiary alicyclic amines) is 2. The number of benzene rings is 1. The number of carbonyl (C=O) groups is 1. The fourth-order valence-electron chi connectivity index (χ4n) is 4.31. The zero-order valence-corrected chi connectivity index (χ0v) is 15.5. The van der Waals surface area contributed by atoms with Gasteiger partial charge >= 0.3 is 0 Å². The smallest absolute Gasteiger partial charge is 0.254 e. The molecule has 0 N–H and O–H groups in total. The van der Waals surface area contributed by atoms with E-state index in [9.17, 15) is 4.79 Å². The topological polar surface area (TPSA) is 36.4 Å². The number of rotatable bonds is 2. The van der Waals surface area contributed by atoms with Crippen LogP contribution in [-0.4, -0.2) is 52.4 Å². The molecule has 1 amide bonds. The Balaban J connectivity index is 1.54. The minimum atomic E-state index is 0.155. The molecule has 0 spiro atoms. The van der Waals surface area contributed by atoms with Crippen LogP contribution in [0.25, 0.3) is 10.9 Å². The zero-order valence-electron chi connectivity index (χ0n) is 15.5. The zero-order chi connectivity index (χ0) is 17.6. The molecule has 0 aliphatic carbocycles. The van der Waals surface area contributed by atoms with Crippen molar-refractivity contribution < 1.29 is 4.79 Å². The number of fused-ring (bicyclic) bond motifs is 1. The highest BCUT2D eigenvalue weighted by atomic mass is 16.2. The average molecular weight is 337 g/mol. The van der Waals surface area contributed by atoms with E-state index in [0.717, 1.165) is 40.8 Å². The van der Waals surface area contributed by atoms with Crippen molar-refractivity contribution in [3.63, 3.8) is 0 Å². The van der Waals surface area contributed by atoms with Crippen molar-refractivity contribution in [2.24, 2.45) is 0 Å². The number of amides is 1. The summed E-state index contributed by atoms with van der Waals surface area (Å²) in [6, 6.07) is 9.29. The minimum absolute atomic E-state index is 0.155. The van der Waals surface area contributed by atoms with Crippen molar-refractivity contribution in [2.45, 2.75) is 52.1 Å². The maximum atomic E-state index is 13.1. The van der Waals surface area contributed by atoms with Crippen molar-refractivity contribution >= 4 is 16.8 Å². The van der Waals surface area contributed by atoms with E-state index in [1.54, 1.807) is 0 Å². The Kier molecular flexibility index (Phi) is 4.24. The second kappa shape index (κ2) is 6.41. The van der Waals surface area contributed by atoms with Crippen LogP contribution in [0.2, 0.25) is 0 Å². The van der Waals surface area contributed by atoms with Gasteiger partial charge in [-0.15, -0.1) is 0 Å². The molecule has 1 atom stereocenters. The minimum Gasteiger partial charge on any atom is -0.335 e. The third kappa shape index (κ3) is 3.04. The number of carbonyl (C=O) groups excluding carboxylic acids is 1. The molecular formula is C21H27N3O. The average Bonchev–Trinajstić information content (AvgIpc) is 2.55. The molecule has 1 aromatic carbocycles. The summed E-state index contributed by atoms with van der Waals surface area (Å²) in [4.78, 5) is 22.3. The standard InChI is InChI=1S/C21H27N3O/c1-14-7-8-20-18(10-14)19(11-15(2)22-20)21(25)23-12-17(13-23)24-9-5-4-6-16(24)3/h7-8,10-11,16-17H,4-6,9,12-13H2,1-3H3. The molecule has 2 aliphatic rings. The summed E-state index contributed by atoms with van der Waals surface area (Å²) in [7, 11) is 0. The van der Waals surface area contributed by atoms with E-state index in [-0.39, 0.29) is 5.91 Å². The van der Waals surface area contributed by atoms with Crippen molar-refractivity contribution in [1.82, 2.24) is 14.8 Å². The van der Waals surface area contributed by atoms with Gasteiger partial charge in [-0.2, -0.15) is 0 Å². The molecule has 0 radical (unpaired) electrons. The summed E-state index contributed by atoms with van der Waals surface area (Å²) in [5, 5.41) is 0.977. The summed E-state index contributed by atoms with van der Waals surface area (Å²) < 4.78 is 0. The number of hydrogen-bond donors (Lipinski definition) is 0. The van der Waals surface area contributed by atoms with Gasteiger partial charge < -0.3 is 4.90 Å². The third-order valence-corrected chi connectivity index (χ3v) is 5.80. The van der Waals surface area contributed by atoms with E-state index in [1.165, 1.54) is 25.8 Å². The molecule has 4 heteroatoms. The van der Waals surface area contributed by atoms with Crippen molar-refractivity contribution in [2.75, 3.05) is 19.6 Å². The van der Waals surface area contributed by atoms with E-state index in [2.05, 4.69) is 35.9 Å². The summed E-state index contributed by atoms with van der Waals surface area (Å²) in [5.74, 6) is 0.155. The first kappa shape index (κ1) is 16.5. The fraction of sp³-hybridized carbons (Fsp3) is 0.524. The molecule has 1 aromatic heterocycles. The van der Waals surface area contributed by atoms with Gasteiger partial charge in [-0.25, -0.2) is 0 Å². The first-order chi connectivity index (χ1) is 12.0. The van der Waals surface area contributed by atoms with Gasteiger partial charge in [0.25, 0.3) is 5.91 Å². The lowest BCUT2D eigenvalue weighted by atomic mass is 9.96. The van der Waals surface area contributed by atoms with Crippen molar-refractivity contribution in [1.29, 1.82) is 0 Å². The van der Waals surface area contributed by atoms with Crippen LogP contribution in [0.4, 0.5) is 0 Å². The number of hydrogen-bond acceptors (Lipinski definition) is 3. The van der Waals surface area contributed by atoms with Gasteiger partial charge in [0.1, 0.15) is 0 Å². The molecule has 1 unspecified atom stereocenters. The highest BCUT2D eigenvalue weighted by Gasteiger charge is 2.38. The van der Waals surface area contributed by atoms with Crippen LogP contribution in [0.5, 0.6) is 0 Å². The maximum Gasteiger partial charge on any atom is 0.254 e. The molecule has 2 aliphatic heterocycles. The normalized spacial score (nSPS) is 22.2. The van der Waals surface area contributed by atoms with Gasteiger partial charge in [0, 0.05) is 36.3 Å². The van der Waals surface area contributed by atoms with Crippen LogP contribution in [0.3, 0.4) is 0 Å². The van der Waals surface area contributed by atoms with Gasteiger partial charge in [-0.05, 0) is 58.4 Å². The van der Waals surface area contributed by atoms with Crippen LogP contribution in [0.15, 0.2) is 24.3 Å². The summed E-state index contributed by atoms with van der Waals surface area (Å²) in [6.07, 6.45) is 3.93. The molecule has 2 fully saturated rings. The molecule has 2 aromatic rings. The van der Waals surface area contributed by atoms with E-state index < -0.39 is 0 Å². The monoisotopic (exact) mass is 337 g/mol. The summed E-state index contributed by atoms with van der Waals surface area (Å²) >= 11 is 0. The number of piperidine rings is 1.